The van der Waals surface area contributed by atoms with Crippen LogP contribution in [0, 0.1) is 0 Å². The number of Topliss-reactive ketones (excluding diaryl/α,β-unsaturated/α-hetero) is 1. The molecular weight excluding hydrogens is 500 g/mol. The molecule has 0 aliphatic heterocycles. The number of ketones is 1. The fourth-order valence-electron chi connectivity index (χ4n) is 3.77. The minimum atomic E-state index is -1.04. The Balaban J connectivity index is 1.99. The molecule has 4 aromatic rings. The third-order valence-electron chi connectivity index (χ3n) is 5.31. The van der Waals surface area contributed by atoms with Crippen LogP contribution in [0.1, 0.15) is 22.3 Å². The van der Waals surface area contributed by atoms with Crippen molar-refractivity contribution in [2.24, 2.45) is 0 Å². The van der Waals surface area contributed by atoms with Gasteiger partial charge < -0.3 is 0 Å². The second-order valence-electron chi connectivity index (χ2n) is 7.11. The molecular formula is C27H20Br2O. The Morgan fingerprint density at radius 1 is 0.433 bits per heavy atom. The van der Waals surface area contributed by atoms with Gasteiger partial charge in [-0.2, -0.15) is 0 Å². The zero-order valence-electron chi connectivity index (χ0n) is 16.2. The topological polar surface area (TPSA) is 17.1 Å². The summed E-state index contributed by atoms with van der Waals surface area (Å²) in [6.07, 6.45) is 0. The lowest BCUT2D eigenvalue weighted by molar-refractivity contribution is -0.121. The van der Waals surface area contributed by atoms with E-state index in [4.69, 9.17) is 0 Å². The van der Waals surface area contributed by atoms with E-state index in [-0.39, 0.29) is 5.78 Å². The second-order valence-corrected chi connectivity index (χ2v) is 9.49. The van der Waals surface area contributed by atoms with Gasteiger partial charge in [-0.15, -0.1) is 0 Å². The molecule has 0 N–H and O–H groups in total. The van der Waals surface area contributed by atoms with Gasteiger partial charge in [-0.05, 0) is 22.3 Å². The first kappa shape index (κ1) is 20.8. The molecule has 0 bridgehead atoms. The quantitative estimate of drug-likeness (QED) is 0.245. The molecule has 4 aromatic carbocycles. The van der Waals surface area contributed by atoms with E-state index in [2.05, 4.69) is 31.9 Å². The van der Waals surface area contributed by atoms with E-state index in [9.17, 15) is 4.79 Å². The number of halogens is 2. The van der Waals surface area contributed by atoms with Gasteiger partial charge in [0.15, 0.2) is 5.78 Å². The van der Waals surface area contributed by atoms with Crippen molar-refractivity contribution < 1.29 is 4.79 Å². The number of hydrogen-bond acceptors (Lipinski definition) is 1. The smallest absolute Gasteiger partial charge is 0.184 e. The van der Waals surface area contributed by atoms with E-state index in [0.717, 1.165) is 22.3 Å². The summed E-state index contributed by atoms with van der Waals surface area (Å²) >= 11 is 7.84. The van der Waals surface area contributed by atoms with E-state index in [0.29, 0.717) is 0 Å². The van der Waals surface area contributed by atoms with Crippen molar-refractivity contribution in [1.82, 2.24) is 0 Å². The molecule has 148 valence electrons. The summed E-state index contributed by atoms with van der Waals surface area (Å²) < 4.78 is -2.07. The van der Waals surface area contributed by atoms with E-state index in [1.54, 1.807) is 0 Å². The number of benzene rings is 4. The number of alkyl halides is 2. The summed E-state index contributed by atoms with van der Waals surface area (Å²) in [4.78, 5) is 14.6. The van der Waals surface area contributed by atoms with Crippen LogP contribution in [-0.2, 0) is 13.4 Å². The van der Waals surface area contributed by atoms with Gasteiger partial charge in [0.25, 0.3) is 0 Å². The van der Waals surface area contributed by atoms with Gasteiger partial charge in [-0.1, -0.05) is 153 Å². The lowest BCUT2D eigenvalue weighted by Crippen LogP contribution is -2.44. The Morgan fingerprint density at radius 2 is 0.633 bits per heavy atom. The summed E-state index contributed by atoms with van der Waals surface area (Å²) in [6.45, 7) is 0. The number of rotatable bonds is 6. The molecule has 0 heterocycles. The molecule has 0 radical (unpaired) electrons. The van der Waals surface area contributed by atoms with Gasteiger partial charge in [-0.25, -0.2) is 0 Å². The predicted molar refractivity (Wildman–Crippen MR) is 130 cm³/mol. The summed E-state index contributed by atoms with van der Waals surface area (Å²) in [5.41, 5.74) is 3.54. The van der Waals surface area contributed by atoms with Crippen molar-refractivity contribution in [3.8, 4) is 0 Å². The molecule has 0 aliphatic carbocycles. The maximum Gasteiger partial charge on any atom is 0.184 e. The number of carbonyl (C=O) groups is 1. The van der Waals surface area contributed by atoms with Gasteiger partial charge in [-0.3, -0.25) is 4.79 Å². The highest BCUT2D eigenvalue weighted by Crippen LogP contribution is 2.50. The van der Waals surface area contributed by atoms with Crippen molar-refractivity contribution in [1.29, 1.82) is 0 Å². The van der Waals surface area contributed by atoms with Crippen molar-refractivity contribution >= 4 is 37.6 Å². The van der Waals surface area contributed by atoms with Crippen LogP contribution in [0.3, 0.4) is 0 Å². The first-order chi connectivity index (χ1) is 14.6. The average molecular weight is 520 g/mol. The third-order valence-corrected chi connectivity index (χ3v) is 7.86. The molecule has 0 saturated carbocycles. The highest BCUT2D eigenvalue weighted by molar-refractivity contribution is 9.11. The maximum absolute atomic E-state index is 14.6. The van der Waals surface area contributed by atoms with Crippen LogP contribution >= 0.6 is 31.9 Å². The zero-order chi connectivity index (χ0) is 21.0. The van der Waals surface area contributed by atoms with Crippen LogP contribution in [0.25, 0.3) is 0 Å². The molecule has 0 aromatic heterocycles. The minimum Gasteiger partial charge on any atom is -0.295 e. The molecule has 0 saturated heterocycles. The van der Waals surface area contributed by atoms with Crippen molar-refractivity contribution in [3.05, 3.63) is 144 Å². The van der Waals surface area contributed by atoms with Crippen LogP contribution < -0.4 is 0 Å². The van der Waals surface area contributed by atoms with Crippen molar-refractivity contribution in [2.75, 3.05) is 0 Å². The van der Waals surface area contributed by atoms with Gasteiger partial charge >= 0.3 is 0 Å². The average Bonchev–Trinajstić information content (AvgIpc) is 2.84. The SMILES string of the molecule is O=C(C(Br)(c1ccccc1)c1ccccc1)C(Br)(c1ccccc1)c1ccccc1. The monoisotopic (exact) mass is 518 g/mol. The molecule has 0 fully saturated rings. The van der Waals surface area contributed by atoms with Crippen molar-refractivity contribution in [3.63, 3.8) is 0 Å². The van der Waals surface area contributed by atoms with Crippen LogP contribution in [-0.4, -0.2) is 5.78 Å². The van der Waals surface area contributed by atoms with Gasteiger partial charge in [0.05, 0.1) is 0 Å². The van der Waals surface area contributed by atoms with E-state index >= 15 is 0 Å². The normalized spacial score (nSPS) is 11.8. The summed E-state index contributed by atoms with van der Waals surface area (Å²) in [5, 5.41) is 0. The molecule has 3 heteroatoms. The van der Waals surface area contributed by atoms with Crippen LogP contribution in [0.4, 0.5) is 0 Å². The maximum atomic E-state index is 14.6. The standard InChI is InChI=1S/C27H20Br2O/c28-26(21-13-5-1-6-14-21,22-15-7-2-8-16-22)25(30)27(29,23-17-9-3-10-18-23)24-19-11-4-12-20-24/h1-20H. The molecule has 0 atom stereocenters. The minimum absolute atomic E-state index is 0.00944. The van der Waals surface area contributed by atoms with Gasteiger partial charge in [0.1, 0.15) is 8.65 Å². The molecule has 30 heavy (non-hydrogen) atoms. The Kier molecular flexibility index (Phi) is 6.03. The molecule has 0 aliphatic rings. The largest absolute Gasteiger partial charge is 0.295 e. The molecule has 0 unspecified atom stereocenters. The van der Waals surface area contributed by atoms with Crippen LogP contribution in [0.2, 0.25) is 0 Å². The molecule has 4 rings (SSSR count). The zero-order valence-corrected chi connectivity index (χ0v) is 19.4. The Labute approximate surface area is 194 Å². The lowest BCUT2D eigenvalue weighted by atomic mass is 9.76. The first-order valence-electron chi connectivity index (χ1n) is 9.72. The molecule has 0 amide bonds. The third kappa shape index (κ3) is 3.57. The highest BCUT2D eigenvalue weighted by Gasteiger charge is 2.51. The fourth-order valence-corrected chi connectivity index (χ4v) is 5.68. The Bertz CT molecular complexity index is 941. The number of hydrogen-bond donors (Lipinski definition) is 0. The van der Waals surface area contributed by atoms with E-state index < -0.39 is 8.65 Å². The second kappa shape index (κ2) is 8.71. The van der Waals surface area contributed by atoms with Crippen molar-refractivity contribution in [2.45, 2.75) is 8.65 Å². The first-order valence-corrected chi connectivity index (χ1v) is 11.3. The van der Waals surface area contributed by atoms with Gasteiger partial charge in [0, 0.05) is 0 Å². The summed E-state index contributed by atoms with van der Waals surface area (Å²) in [5.74, 6) is -0.00944. The predicted octanol–water partition coefficient (Wildman–Crippen LogP) is 7.23. The van der Waals surface area contributed by atoms with Crippen LogP contribution in [0.5, 0.6) is 0 Å². The van der Waals surface area contributed by atoms with Crippen LogP contribution in [0.15, 0.2) is 121 Å². The highest BCUT2D eigenvalue weighted by atomic mass is 79.9. The molecule has 1 nitrogen and oxygen atoms in total. The summed E-state index contributed by atoms with van der Waals surface area (Å²) in [7, 11) is 0. The van der Waals surface area contributed by atoms with E-state index in [1.807, 2.05) is 121 Å². The Morgan fingerprint density at radius 3 is 0.833 bits per heavy atom. The fraction of sp³-hybridized carbons (Fsp3) is 0.0741. The summed E-state index contributed by atoms with van der Waals surface area (Å²) in [6, 6.07) is 39.4. The lowest BCUT2D eigenvalue weighted by Gasteiger charge is -2.37. The Hall–Kier alpha value is -2.49. The van der Waals surface area contributed by atoms with Gasteiger partial charge in [0.2, 0.25) is 0 Å². The number of carbonyl (C=O) groups excluding carboxylic acids is 1. The van der Waals surface area contributed by atoms with E-state index in [1.165, 1.54) is 0 Å². The molecule has 0 spiro atoms.